The molecule has 2 heterocycles. The van der Waals surface area contributed by atoms with Crippen molar-refractivity contribution in [2.24, 2.45) is 0 Å². The van der Waals surface area contributed by atoms with Crippen LogP contribution in [0.1, 0.15) is 5.69 Å². The minimum Gasteiger partial charge on any atom is -0.368 e. The van der Waals surface area contributed by atoms with Crippen LogP contribution >= 0.6 is 0 Å². The molecule has 2 N–H and O–H groups in total. The summed E-state index contributed by atoms with van der Waals surface area (Å²) in [5.74, 6) is 0.106. The first-order valence-electron chi connectivity index (χ1n) is 5.79. The number of para-hydroxylation sites is 2. The second-order valence-electron chi connectivity index (χ2n) is 4.20. The summed E-state index contributed by atoms with van der Waals surface area (Å²) in [5, 5.41) is 11.2. The van der Waals surface area contributed by atoms with E-state index in [4.69, 9.17) is 5.73 Å². The van der Waals surface area contributed by atoms with Crippen LogP contribution in [0.3, 0.4) is 0 Å². The number of fused-ring (bicyclic) bond motifs is 1. The molecule has 0 aliphatic rings. The Balaban J connectivity index is 2.37. The van der Waals surface area contributed by atoms with E-state index >= 15 is 0 Å². The maximum atomic E-state index is 11.2. The summed E-state index contributed by atoms with van der Waals surface area (Å²) in [6.45, 7) is 1.53. The molecule has 3 aromatic rings. The third kappa shape index (κ3) is 1.74. The minimum absolute atomic E-state index is 0.0131. The van der Waals surface area contributed by atoms with Gasteiger partial charge in [0.25, 0.3) is 0 Å². The first-order chi connectivity index (χ1) is 9.58. The predicted octanol–water partition coefficient (Wildman–Crippen LogP) is 1.61. The van der Waals surface area contributed by atoms with Crippen molar-refractivity contribution < 1.29 is 4.92 Å². The number of benzene rings is 1. The summed E-state index contributed by atoms with van der Waals surface area (Å²) >= 11 is 0. The topological polar surface area (TPSA) is 113 Å². The number of nitrogen functional groups attached to an aromatic ring is 1. The number of aryl methyl sites for hydroxylation is 1. The molecule has 0 fully saturated rings. The fraction of sp³-hybridized carbons (Fsp3) is 0.0833. The maximum Gasteiger partial charge on any atom is 0.333 e. The fourth-order valence-electron chi connectivity index (χ4n) is 2.08. The van der Waals surface area contributed by atoms with Crippen LogP contribution in [0, 0.1) is 17.0 Å². The summed E-state index contributed by atoms with van der Waals surface area (Å²) in [5.41, 5.74) is 7.07. The van der Waals surface area contributed by atoms with Crippen molar-refractivity contribution in [2.75, 3.05) is 5.73 Å². The summed E-state index contributed by atoms with van der Waals surface area (Å²) in [6.07, 6.45) is 1.48. The van der Waals surface area contributed by atoms with E-state index in [0.29, 0.717) is 5.52 Å². The molecule has 0 aliphatic heterocycles. The van der Waals surface area contributed by atoms with Gasteiger partial charge < -0.3 is 5.73 Å². The third-order valence-corrected chi connectivity index (χ3v) is 2.92. The van der Waals surface area contributed by atoms with E-state index in [-0.39, 0.29) is 23.1 Å². The number of imidazole rings is 1. The number of rotatable bonds is 2. The number of nitrogens with two attached hydrogens (primary N) is 1. The zero-order valence-corrected chi connectivity index (χ0v) is 10.5. The highest BCUT2D eigenvalue weighted by Gasteiger charge is 2.23. The summed E-state index contributed by atoms with van der Waals surface area (Å²) in [4.78, 5) is 22.7. The quantitative estimate of drug-likeness (QED) is 0.559. The van der Waals surface area contributed by atoms with Gasteiger partial charge in [0, 0.05) is 0 Å². The van der Waals surface area contributed by atoms with Crippen LogP contribution in [0.25, 0.3) is 16.9 Å². The molecule has 0 atom stereocenters. The van der Waals surface area contributed by atoms with E-state index in [1.807, 2.05) is 18.2 Å². The van der Waals surface area contributed by atoms with Gasteiger partial charge >= 0.3 is 5.69 Å². The van der Waals surface area contributed by atoms with Crippen LogP contribution < -0.4 is 5.73 Å². The van der Waals surface area contributed by atoms with E-state index in [2.05, 4.69) is 15.0 Å². The molecule has 1 aromatic carbocycles. The Labute approximate surface area is 113 Å². The van der Waals surface area contributed by atoms with Crippen LogP contribution in [-0.2, 0) is 0 Å². The number of anilines is 1. The van der Waals surface area contributed by atoms with Crippen molar-refractivity contribution >= 4 is 22.7 Å². The van der Waals surface area contributed by atoms with E-state index in [1.165, 1.54) is 13.3 Å². The van der Waals surface area contributed by atoms with E-state index in [9.17, 15) is 10.1 Å². The van der Waals surface area contributed by atoms with E-state index in [1.54, 1.807) is 10.6 Å². The van der Waals surface area contributed by atoms with Gasteiger partial charge in [0.2, 0.25) is 11.8 Å². The van der Waals surface area contributed by atoms with Crippen molar-refractivity contribution in [3.8, 4) is 5.82 Å². The largest absolute Gasteiger partial charge is 0.368 e. The SMILES string of the molecule is Cc1nc(N)nc(-n2cnc3ccccc32)c1[N+](=O)[O-]. The molecule has 3 rings (SSSR count). The molecule has 8 heteroatoms. The number of hydrogen-bond acceptors (Lipinski definition) is 6. The van der Waals surface area contributed by atoms with Crippen molar-refractivity contribution in [1.29, 1.82) is 0 Å². The Hall–Kier alpha value is -3.03. The molecule has 2 aromatic heterocycles. The summed E-state index contributed by atoms with van der Waals surface area (Å²) in [6, 6.07) is 7.28. The van der Waals surface area contributed by atoms with E-state index in [0.717, 1.165) is 5.52 Å². The first kappa shape index (κ1) is 12.0. The zero-order valence-electron chi connectivity index (χ0n) is 10.5. The Kier molecular flexibility index (Phi) is 2.56. The van der Waals surface area contributed by atoms with Gasteiger partial charge in [0.05, 0.1) is 16.0 Å². The first-order valence-corrected chi connectivity index (χ1v) is 5.79. The second-order valence-corrected chi connectivity index (χ2v) is 4.20. The zero-order chi connectivity index (χ0) is 14.3. The highest BCUT2D eigenvalue weighted by molar-refractivity contribution is 5.78. The molecule has 0 saturated carbocycles. The molecular formula is C12H10N6O2. The van der Waals surface area contributed by atoms with Crippen LogP contribution in [0.5, 0.6) is 0 Å². The van der Waals surface area contributed by atoms with Crippen LogP contribution in [0.4, 0.5) is 11.6 Å². The molecule has 0 spiro atoms. The van der Waals surface area contributed by atoms with Gasteiger partial charge in [-0.1, -0.05) is 12.1 Å². The molecule has 20 heavy (non-hydrogen) atoms. The van der Waals surface area contributed by atoms with Gasteiger partial charge in [-0.05, 0) is 19.1 Å². The van der Waals surface area contributed by atoms with Gasteiger partial charge in [-0.25, -0.2) is 9.97 Å². The Bertz CT molecular complexity index is 826. The molecule has 0 amide bonds. The molecule has 0 aliphatic carbocycles. The lowest BCUT2D eigenvalue weighted by Gasteiger charge is -2.06. The Morgan fingerprint density at radius 2 is 2.05 bits per heavy atom. The van der Waals surface area contributed by atoms with Gasteiger partial charge in [-0.15, -0.1) is 0 Å². The van der Waals surface area contributed by atoms with Gasteiger partial charge in [-0.3, -0.25) is 14.7 Å². The highest BCUT2D eigenvalue weighted by Crippen LogP contribution is 2.27. The van der Waals surface area contributed by atoms with Crippen LogP contribution in [0.2, 0.25) is 0 Å². The normalized spacial score (nSPS) is 10.8. The number of aromatic nitrogens is 4. The van der Waals surface area contributed by atoms with Gasteiger partial charge in [-0.2, -0.15) is 4.98 Å². The molecule has 0 unspecified atom stereocenters. The average molecular weight is 270 g/mol. The molecule has 0 radical (unpaired) electrons. The number of nitrogens with zero attached hydrogens (tertiary/aromatic N) is 5. The number of hydrogen-bond donors (Lipinski definition) is 1. The lowest BCUT2D eigenvalue weighted by Crippen LogP contribution is -2.08. The number of nitro groups is 1. The molecule has 0 saturated heterocycles. The lowest BCUT2D eigenvalue weighted by atomic mass is 10.3. The van der Waals surface area contributed by atoms with Crippen molar-refractivity contribution in [3.05, 3.63) is 46.4 Å². The molecular weight excluding hydrogens is 260 g/mol. The molecule has 100 valence electrons. The van der Waals surface area contributed by atoms with E-state index < -0.39 is 4.92 Å². The Morgan fingerprint density at radius 1 is 1.30 bits per heavy atom. The minimum atomic E-state index is -0.515. The predicted molar refractivity (Wildman–Crippen MR) is 72.5 cm³/mol. The second kappa shape index (κ2) is 4.26. The van der Waals surface area contributed by atoms with Gasteiger partial charge in [0.1, 0.15) is 12.0 Å². The standard InChI is InChI=1S/C12H10N6O2/c1-7-10(18(19)20)11(16-12(13)15-7)17-6-14-8-4-2-3-5-9(8)17/h2-6H,1H3,(H2,13,15,16). The molecule has 8 nitrogen and oxygen atoms in total. The average Bonchev–Trinajstić information content (AvgIpc) is 2.80. The third-order valence-electron chi connectivity index (χ3n) is 2.92. The van der Waals surface area contributed by atoms with Gasteiger partial charge in [0.15, 0.2) is 0 Å². The highest BCUT2D eigenvalue weighted by atomic mass is 16.6. The summed E-state index contributed by atoms with van der Waals surface area (Å²) < 4.78 is 1.54. The molecule has 0 bridgehead atoms. The van der Waals surface area contributed by atoms with Crippen LogP contribution in [-0.4, -0.2) is 24.4 Å². The van der Waals surface area contributed by atoms with Crippen molar-refractivity contribution in [1.82, 2.24) is 19.5 Å². The smallest absolute Gasteiger partial charge is 0.333 e. The fourth-order valence-corrected chi connectivity index (χ4v) is 2.08. The Morgan fingerprint density at radius 3 is 2.80 bits per heavy atom. The van der Waals surface area contributed by atoms with Crippen LogP contribution in [0.15, 0.2) is 30.6 Å². The van der Waals surface area contributed by atoms with Crippen molar-refractivity contribution in [3.63, 3.8) is 0 Å². The maximum absolute atomic E-state index is 11.2. The summed E-state index contributed by atoms with van der Waals surface area (Å²) in [7, 11) is 0. The monoisotopic (exact) mass is 270 g/mol. The lowest BCUT2D eigenvalue weighted by molar-refractivity contribution is -0.385. The van der Waals surface area contributed by atoms with Crippen molar-refractivity contribution in [2.45, 2.75) is 6.92 Å².